The number of nitrogens with one attached hydrogen (secondary N) is 1. The van der Waals surface area contributed by atoms with Crippen LogP contribution in [-0.2, 0) is 4.79 Å². The van der Waals surface area contributed by atoms with Gasteiger partial charge in [0.25, 0.3) is 0 Å². The van der Waals surface area contributed by atoms with Crippen molar-refractivity contribution in [2.75, 3.05) is 5.75 Å². The molecule has 0 radical (unpaired) electrons. The predicted octanol–water partition coefficient (Wildman–Crippen LogP) is 2.29. The SMILES string of the molecule is CCCC(C)(N)C(=O)NC1CCCC1SCC. The fraction of sp³-hybridized carbons (Fsp3) is 0.923. The van der Waals surface area contributed by atoms with Gasteiger partial charge in [0.1, 0.15) is 0 Å². The van der Waals surface area contributed by atoms with Gasteiger partial charge < -0.3 is 11.1 Å². The summed E-state index contributed by atoms with van der Waals surface area (Å²) in [5.74, 6) is 1.14. The Bertz CT molecular complexity index is 256. The Morgan fingerprint density at radius 2 is 2.18 bits per heavy atom. The van der Waals surface area contributed by atoms with Crippen LogP contribution in [0.4, 0.5) is 0 Å². The van der Waals surface area contributed by atoms with E-state index in [1.165, 1.54) is 12.8 Å². The van der Waals surface area contributed by atoms with Crippen LogP contribution in [0.3, 0.4) is 0 Å². The van der Waals surface area contributed by atoms with Gasteiger partial charge in [-0.2, -0.15) is 11.8 Å². The molecule has 1 aliphatic carbocycles. The Morgan fingerprint density at radius 1 is 1.47 bits per heavy atom. The summed E-state index contributed by atoms with van der Waals surface area (Å²) < 4.78 is 0. The van der Waals surface area contributed by atoms with Crippen LogP contribution in [0.2, 0.25) is 0 Å². The van der Waals surface area contributed by atoms with Crippen molar-refractivity contribution in [3.63, 3.8) is 0 Å². The van der Waals surface area contributed by atoms with Crippen LogP contribution >= 0.6 is 11.8 Å². The van der Waals surface area contributed by atoms with E-state index in [0.29, 0.717) is 11.3 Å². The van der Waals surface area contributed by atoms with Crippen molar-refractivity contribution >= 4 is 17.7 Å². The maximum absolute atomic E-state index is 12.1. The minimum atomic E-state index is -0.710. The second-order valence-corrected chi connectivity index (χ2v) is 6.69. The van der Waals surface area contributed by atoms with Crippen LogP contribution < -0.4 is 11.1 Å². The van der Waals surface area contributed by atoms with Gasteiger partial charge >= 0.3 is 0 Å². The smallest absolute Gasteiger partial charge is 0.240 e. The molecule has 0 aliphatic heterocycles. The van der Waals surface area contributed by atoms with Gasteiger partial charge in [-0.3, -0.25) is 4.79 Å². The molecule has 1 saturated carbocycles. The first kappa shape index (κ1) is 14.8. The average Bonchev–Trinajstić information content (AvgIpc) is 2.66. The molecule has 100 valence electrons. The predicted molar refractivity (Wildman–Crippen MR) is 75.2 cm³/mol. The lowest BCUT2D eigenvalue weighted by Crippen LogP contribution is -2.55. The van der Waals surface area contributed by atoms with E-state index < -0.39 is 5.54 Å². The molecule has 0 aromatic carbocycles. The number of carbonyl (C=O) groups is 1. The Labute approximate surface area is 109 Å². The zero-order valence-corrected chi connectivity index (χ0v) is 12.1. The third-order valence-electron chi connectivity index (χ3n) is 3.44. The third kappa shape index (κ3) is 4.18. The summed E-state index contributed by atoms with van der Waals surface area (Å²) in [6, 6.07) is 0.326. The van der Waals surface area contributed by atoms with Crippen molar-refractivity contribution < 1.29 is 4.79 Å². The quantitative estimate of drug-likeness (QED) is 0.768. The molecule has 0 spiro atoms. The monoisotopic (exact) mass is 258 g/mol. The highest BCUT2D eigenvalue weighted by Crippen LogP contribution is 2.30. The number of nitrogens with two attached hydrogens (primary N) is 1. The summed E-state index contributed by atoms with van der Waals surface area (Å²) >= 11 is 1.96. The molecule has 0 aromatic rings. The van der Waals surface area contributed by atoms with E-state index in [4.69, 9.17) is 5.73 Å². The van der Waals surface area contributed by atoms with Gasteiger partial charge in [-0.05, 0) is 31.9 Å². The van der Waals surface area contributed by atoms with Crippen molar-refractivity contribution in [1.29, 1.82) is 0 Å². The van der Waals surface area contributed by atoms with Crippen molar-refractivity contribution in [3.05, 3.63) is 0 Å². The highest BCUT2D eigenvalue weighted by molar-refractivity contribution is 7.99. The fourth-order valence-electron chi connectivity index (χ4n) is 2.47. The van der Waals surface area contributed by atoms with E-state index in [0.717, 1.165) is 25.0 Å². The van der Waals surface area contributed by atoms with Gasteiger partial charge in [0.15, 0.2) is 0 Å². The van der Waals surface area contributed by atoms with Crippen molar-refractivity contribution in [2.45, 2.75) is 69.7 Å². The molecule has 3 N–H and O–H groups in total. The van der Waals surface area contributed by atoms with E-state index in [9.17, 15) is 4.79 Å². The molecule has 3 unspecified atom stereocenters. The molecule has 0 saturated heterocycles. The maximum atomic E-state index is 12.1. The Morgan fingerprint density at radius 3 is 2.76 bits per heavy atom. The number of hydrogen-bond acceptors (Lipinski definition) is 3. The molecule has 0 aromatic heterocycles. The number of thioether (sulfide) groups is 1. The summed E-state index contributed by atoms with van der Waals surface area (Å²) in [6.45, 7) is 6.07. The largest absolute Gasteiger partial charge is 0.351 e. The lowest BCUT2D eigenvalue weighted by Gasteiger charge is -2.27. The Kier molecular flexibility index (Phi) is 5.80. The molecule has 3 nitrogen and oxygen atoms in total. The number of carbonyl (C=O) groups excluding carboxylic acids is 1. The number of rotatable bonds is 6. The zero-order valence-electron chi connectivity index (χ0n) is 11.3. The van der Waals surface area contributed by atoms with Gasteiger partial charge in [0, 0.05) is 11.3 Å². The second-order valence-electron chi connectivity index (χ2n) is 5.17. The van der Waals surface area contributed by atoms with Crippen LogP contribution in [0.15, 0.2) is 0 Å². The minimum Gasteiger partial charge on any atom is -0.351 e. The molecule has 1 fully saturated rings. The first-order chi connectivity index (χ1) is 8.01. The van der Waals surface area contributed by atoms with Crippen molar-refractivity contribution in [1.82, 2.24) is 5.32 Å². The van der Waals surface area contributed by atoms with Gasteiger partial charge in [-0.25, -0.2) is 0 Å². The zero-order chi connectivity index (χ0) is 12.9. The van der Waals surface area contributed by atoms with Crippen LogP contribution in [0, 0.1) is 0 Å². The second kappa shape index (κ2) is 6.64. The Hall–Kier alpha value is -0.220. The van der Waals surface area contributed by atoms with E-state index in [2.05, 4.69) is 19.2 Å². The first-order valence-electron chi connectivity index (χ1n) is 6.72. The van der Waals surface area contributed by atoms with Crippen LogP contribution in [0.25, 0.3) is 0 Å². The fourth-order valence-corrected chi connectivity index (χ4v) is 3.67. The highest BCUT2D eigenvalue weighted by Gasteiger charge is 2.33. The summed E-state index contributed by atoms with van der Waals surface area (Å²) in [5, 5.41) is 3.74. The first-order valence-corrected chi connectivity index (χ1v) is 7.77. The molecular formula is C13H26N2OS. The molecule has 3 atom stereocenters. The topological polar surface area (TPSA) is 55.1 Å². The normalized spacial score (nSPS) is 27.8. The van der Waals surface area contributed by atoms with E-state index in [-0.39, 0.29) is 5.91 Å². The molecule has 4 heteroatoms. The number of hydrogen-bond donors (Lipinski definition) is 2. The van der Waals surface area contributed by atoms with Gasteiger partial charge in [-0.15, -0.1) is 0 Å². The van der Waals surface area contributed by atoms with Gasteiger partial charge in [-0.1, -0.05) is 26.7 Å². The van der Waals surface area contributed by atoms with Crippen LogP contribution in [-0.4, -0.2) is 28.5 Å². The number of amides is 1. The van der Waals surface area contributed by atoms with Crippen LogP contribution in [0.1, 0.15) is 52.9 Å². The van der Waals surface area contributed by atoms with Crippen molar-refractivity contribution in [2.24, 2.45) is 5.73 Å². The molecule has 1 aliphatic rings. The summed E-state index contributed by atoms with van der Waals surface area (Å²) in [5.41, 5.74) is 5.34. The average molecular weight is 258 g/mol. The third-order valence-corrected chi connectivity index (χ3v) is 4.76. The Balaban J connectivity index is 2.50. The maximum Gasteiger partial charge on any atom is 0.240 e. The summed E-state index contributed by atoms with van der Waals surface area (Å²) in [6.07, 6.45) is 5.23. The van der Waals surface area contributed by atoms with Crippen LogP contribution in [0.5, 0.6) is 0 Å². The van der Waals surface area contributed by atoms with E-state index in [1.54, 1.807) is 0 Å². The van der Waals surface area contributed by atoms with Crippen molar-refractivity contribution in [3.8, 4) is 0 Å². The van der Waals surface area contributed by atoms with Gasteiger partial charge in [0.05, 0.1) is 5.54 Å². The molecular weight excluding hydrogens is 232 g/mol. The lowest BCUT2D eigenvalue weighted by atomic mass is 9.96. The summed E-state index contributed by atoms with van der Waals surface area (Å²) in [7, 11) is 0. The van der Waals surface area contributed by atoms with E-state index >= 15 is 0 Å². The lowest BCUT2D eigenvalue weighted by molar-refractivity contribution is -0.126. The standard InChI is InChI=1S/C13H26N2OS/c1-4-9-13(3,14)12(16)15-10-7-6-8-11(10)17-5-2/h10-11H,4-9,14H2,1-3H3,(H,15,16). The molecule has 0 bridgehead atoms. The van der Waals surface area contributed by atoms with Gasteiger partial charge in [0.2, 0.25) is 5.91 Å². The molecule has 17 heavy (non-hydrogen) atoms. The minimum absolute atomic E-state index is 0.0213. The van der Waals surface area contributed by atoms with E-state index in [1.807, 2.05) is 18.7 Å². The molecule has 1 rings (SSSR count). The molecule has 0 heterocycles. The molecule has 1 amide bonds. The summed E-state index contributed by atoms with van der Waals surface area (Å²) in [4.78, 5) is 12.1. The highest BCUT2D eigenvalue weighted by atomic mass is 32.2.